The molecule has 0 unspecified atom stereocenters. The van der Waals surface area contributed by atoms with Crippen molar-refractivity contribution in [2.45, 2.75) is 5.75 Å². The first-order valence-corrected chi connectivity index (χ1v) is 5.29. The molecule has 0 fully saturated rings. The predicted molar refractivity (Wildman–Crippen MR) is 68.5 cm³/mol. The first kappa shape index (κ1) is 14.4. The van der Waals surface area contributed by atoms with E-state index in [2.05, 4.69) is 0 Å². The number of hydrogen-bond donors (Lipinski definition) is 2. The molecule has 0 aliphatic heterocycles. The van der Waals surface area contributed by atoms with Gasteiger partial charge in [0.15, 0.2) is 5.17 Å². The van der Waals surface area contributed by atoms with Crippen molar-refractivity contribution in [2.75, 3.05) is 7.11 Å². The number of amidine groups is 1. The number of nitrogens with two attached hydrogens (primary N) is 1. The molecular weight excluding hydrogens is 255 g/mol. The first-order valence-electron chi connectivity index (χ1n) is 3.92. The second-order valence-corrected chi connectivity index (χ2v) is 4.05. The summed E-state index contributed by atoms with van der Waals surface area (Å²) in [6, 6.07) is 5.52. The maximum absolute atomic E-state index is 7.06. The second kappa shape index (κ2) is 6.82. The Bertz CT molecular complexity index is 347. The molecular formula is C9H12Cl2N2OS. The van der Waals surface area contributed by atoms with Gasteiger partial charge in [0, 0.05) is 5.75 Å². The molecule has 3 nitrogen and oxygen atoms in total. The van der Waals surface area contributed by atoms with E-state index in [4.69, 9.17) is 27.5 Å². The summed E-state index contributed by atoms with van der Waals surface area (Å²) in [6.07, 6.45) is 0. The lowest BCUT2D eigenvalue weighted by molar-refractivity contribution is 0.415. The SMILES string of the molecule is COc1ccc(CSC(=N)N)cc1Cl.Cl. The smallest absolute Gasteiger partial charge is 0.151 e. The lowest BCUT2D eigenvalue weighted by atomic mass is 10.2. The van der Waals surface area contributed by atoms with Crippen molar-refractivity contribution >= 4 is 40.9 Å². The Morgan fingerprint density at radius 2 is 2.27 bits per heavy atom. The summed E-state index contributed by atoms with van der Waals surface area (Å²) in [7, 11) is 1.57. The molecule has 0 spiro atoms. The van der Waals surface area contributed by atoms with Gasteiger partial charge in [-0.2, -0.15) is 0 Å². The average molecular weight is 267 g/mol. The van der Waals surface area contributed by atoms with Crippen molar-refractivity contribution in [3.63, 3.8) is 0 Å². The molecule has 0 saturated heterocycles. The zero-order valence-electron chi connectivity index (χ0n) is 8.12. The number of thioether (sulfide) groups is 1. The van der Waals surface area contributed by atoms with Gasteiger partial charge in [-0.15, -0.1) is 12.4 Å². The Kier molecular flexibility index (Phi) is 6.56. The van der Waals surface area contributed by atoms with E-state index < -0.39 is 0 Å². The van der Waals surface area contributed by atoms with Crippen LogP contribution in [0.2, 0.25) is 5.02 Å². The van der Waals surface area contributed by atoms with Crippen LogP contribution in [-0.4, -0.2) is 12.3 Å². The van der Waals surface area contributed by atoms with Crippen LogP contribution in [0.5, 0.6) is 5.75 Å². The highest BCUT2D eigenvalue weighted by Gasteiger charge is 2.02. The Morgan fingerprint density at radius 1 is 1.60 bits per heavy atom. The monoisotopic (exact) mass is 266 g/mol. The van der Waals surface area contributed by atoms with E-state index in [0.717, 1.165) is 5.56 Å². The Balaban J connectivity index is 0.00000196. The molecule has 3 N–H and O–H groups in total. The minimum absolute atomic E-state index is 0. The second-order valence-electron chi connectivity index (χ2n) is 2.62. The van der Waals surface area contributed by atoms with Gasteiger partial charge in [-0.3, -0.25) is 5.41 Å². The third-order valence-electron chi connectivity index (χ3n) is 1.61. The van der Waals surface area contributed by atoms with Crippen molar-refractivity contribution in [3.8, 4) is 5.75 Å². The molecule has 6 heteroatoms. The number of benzene rings is 1. The van der Waals surface area contributed by atoms with Gasteiger partial charge in [0.05, 0.1) is 12.1 Å². The average Bonchev–Trinajstić information content (AvgIpc) is 2.15. The van der Waals surface area contributed by atoms with Gasteiger partial charge in [0.25, 0.3) is 0 Å². The first-order chi connectivity index (χ1) is 6.63. The number of ether oxygens (including phenoxy) is 1. The summed E-state index contributed by atoms with van der Waals surface area (Å²) in [6.45, 7) is 0. The summed E-state index contributed by atoms with van der Waals surface area (Å²) in [5, 5.41) is 7.74. The number of rotatable bonds is 3. The van der Waals surface area contributed by atoms with Gasteiger partial charge < -0.3 is 10.5 Å². The topological polar surface area (TPSA) is 59.1 Å². The molecule has 1 rings (SSSR count). The van der Waals surface area contributed by atoms with Crippen LogP contribution in [0, 0.1) is 5.41 Å². The molecule has 0 aromatic heterocycles. The van der Waals surface area contributed by atoms with Gasteiger partial charge >= 0.3 is 0 Å². The number of halogens is 2. The molecule has 0 atom stereocenters. The normalized spacial score (nSPS) is 9.20. The fourth-order valence-corrected chi connectivity index (χ4v) is 1.74. The fourth-order valence-electron chi connectivity index (χ4n) is 0.961. The van der Waals surface area contributed by atoms with Crippen molar-refractivity contribution < 1.29 is 4.74 Å². The maximum atomic E-state index is 7.06. The van der Waals surface area contributed by atoms with Crippen LogP contribution in [-0.2, 0) is 5.75 Å². The van der Waals surface area contributed by atoms with Crippen LogP contribution in [0.3, 0.4) is 0 Å². The molecule has 1 aromatic carbocycles. The van der Waals surface area contributed by atoms with Crippen LogP contribution in [0.4, 0.5) is 0 Å². The van der Waals surface area contributed by atoms with E-state index in [0.29, 0.717) is 16.5 Å². The third-order valence-corrected chi connectivity index (χ3v) is 2.69. The Labute approximate surface area is 104 Å². The summed E-state index contributed by atoms with van der Waals surface area (Å²) in [5.41, 5.74) is 6.25. The lowest BCUT2D eigenvalue weighted by Crippen LogP contribution is -2.03. The molecule has 0 bridgehead atoms. The van der Waals surface area contributed by atoms with Crippen molar-refractivity contribution in [1.29, 1.82) is 5.41 Å². The van der Waals surface area contributed by atoms with Crippen LogP contribution in [0.1, 0.15) is 5.56 Å². The van der Waals surface area contributed by atoms with Crippen LogP contribution >= 0.6 is 35.8 Å². The van der Waals surface area contributed by atoms with E-state index >= 15 is 0 Å². The van der Waals surface area contributed by atoms with E-state index in [-0.39, 0.29) is 17.6 Å². The lowest BCUT2D eigenvalue weighted by Gasteiger charge is -2.05. The molecule has 15 heavy (non-hydrogen) atoms. The van der Waals surface area contributed by atoms with E-state index in [1.165, 1.54) is 11.8 Å². The van der Waals surface area contributed by atoms with E-state index in [9.17, 15) is 0 Å². The fraction of sp³-hybridized carbons (Fsp3) is 0.222. The maximum Gasteiger partial charge on any atom is 0.151 e. The number of methoxy groups -OCH3 is 1. The third kappa shape index (κ3) is 4.64. The van der Waals surface area contributed by atoms with Gasteiger partial charge in [0.1, 0.15) is 5.75 Å². The molecule has 0 amide bonds. The van der Waals surface area contributed by atoms with Crippen LogP contribution < -0.4 is 10.5 Å². The van der Waals surface area contributed by atoms with Crippen molar-refractivity contribution in [2.24, 2.45) is 5.73 Å². The van der Waals surface area contributed by atoms with Crippen molar-refractivity contribution in [1.82, 2.24) is 0 Å². The molecule has 0 saturated carbocycles. The molecule has 1 aromatic rings. The van der Waals surface area contributed by atoms with Gasteiger partial charge in [-0.25, -0.2) is 0 Å². The Morgan fingerprint density at radius 3 is 2.73 bits per heavy atom. The summed E-state index contributed by atoms with van der Waals surface area (Å²) < 4.78 is 5.02. The minimum Gasteiger partial charge on any atom is -0.495 e. The molecule has 0 aliphatic carbocycles. The van der Waals surface area contributed by atoms with E-state index in [1.54, 1.807) is 13.2 Å². The predicted octanol–water partition coefficient (Wildman–Crippen LogP) is 2.90. The molecule has 0 heterocycles. The van der Waals surface area contributed by atoms with Gasteiger partial charge in [-0.05, 0) is 17.7 Å². The largest absolute Gasteiger partial charge is 0.495 e. The number of nitrogens with one attached hydrogen (secondary N) is 1. The van der Waals surface area contributed by atoms with E-state index in [1.807, 2.05) is 12.1 Å². The van der Waals surface area contributed by atoms with Gasteiger partial charge in [0.2, 0.25) is 0 Å². The number of hydrogen-bond acceptors (Lipinski definition) is 3. The van der Waals surface area contributed by atoms with Crippen LogP contribution in [0.15, 0.2) is 18.2 Å². The standard InChI is InChI=1S/C9H11ClN2OS.ClH/c1-13-8-3-2-6(4-7(8)10)5-14-9(11)12;/h2-4H,5H2,1H3,(H3,11,12);1H. The van der Waals surface area contributed by atoms with Crippen molar-refractivity contribution in [3.05, 3.63) is 28.8 Å². The van der Waals surface area contributed by atoms with Crippen LogP contribution in [0.25, 0.3) is 0 Å². The minimum atomic E-state index is 0. The Hall–Kier alpha value is -0.580. The zero-order valence-corrected chi connectivity index (χ0v) is 10.5. The summed E-state index contributed by atoms with van der Waals surface area (Å²) >= 11 is 7.19. The molecule has 84 valence electrons. The molecule has 0 radical (unpaired) electrons. The molecule has 0 aliphatic rings. The van der Waals surface area contributed by atoms with Gasteiger partial charge in [-0.1, -0.05) is 29.4 Å². The zero-order chi connectivity index (χ0) is 10.6. The highest BCUT2D eigenvalue weighted by molar-refractivity contribution is 8.13. The summed E-state index contributed by atoms with van der Waals surface area (Å²) in [4.78, 5) is 0. The quantitative estimate of drug-likeness (QED) is 0.654. The highest BCUT2D eigenvalue weighted by atomic mass is 35.5. The summed E-state index contributed by atoms with van der Waals surface area (Å²) in [5.74, 6) is 1.31. The highest BCUT2D eigenvalue weighted by Crippen LogP contribution is 2.26.